The number of alkyl halides is 1. The summed E-state index contributed by atoms with van der Waals surface area (Å²) in [5, 5.41) is 3.96. The Kier molecular flexibility index (Phi) is 5.84. The van der Waals surface area contributed by atoms with Crippen molar-refractivity contribution >= 4 is 23.3 Å². The molecule has 3 aliphatic heterocycles. The van der Waals surface area contributed by atoms with Crippen molar-refractivity contribution < 1.29 is 31.9 Å². The van der Waals surface area contributed by atoms with Crippen molar-refractivity contribution in [2.75, 3.05) is 26.4 Å². The molecule has 2 bridgehead atoms. The lowest BCUT2D eigenvalue weighted by atomic mass is 10.0. The first kappa shape index (κ1) is 18.5. The monoisotopic (exact) mass is 380 g/mol. The Morgan fingerprint density at radius 2 is 2.28 bits per heavy atom. The SMILES string of the molecule is O=C(NOC[C@@H]1C[C@H](CF)CN1)C1CCC2CN1C(=O)N2OS(=O)O. The summed E-state index contributed by atoms with van der Waals surface area (Å²) in [4.78, 5) is 31.0. The van der Waals surface area contributed by atoms with Gasteiger partial charge in [0.15, 0.2) is 0 Å². The van der Waals surface area contributed by atoms with E-state index in [2.05, 4.69) is 15.1 Å². The summed E-state index contributed by atoms with van der Waals surface area (Å²) in [6, 6.07) is -1.71. The lowest BCUT2D eigenvalue weighted by molar-refractivity contribution is -0.139. The van der Waals surface area contributed by atoms with Crippen LogP contribution < -0.4 is 10.8 Å². The minimum Gasteiger partial charge on any atom is -0.311 e. The standard InChI is InChI=1S/C13H21FN4O6S/c14-4-8-3-9(15-5-8)7-23-16-12(19)11-2-1-10-6-17(11)13(20)18(10)24-25(21)22/h8-11,15H,1-7H2,(H,16,19)(H,21,22)/t8-,9+,10?,11?/m1/s1. The van der Waals surface area contributed by atoms with Gasteiger partial charge in [-0.2, -0.15) is 9.27 Å². The third-order valence-corrected chi connectivity index (χ3v) is 5.05. The van der Waals surface area contributed by atoms with Gasteiger partial charge in [0, 0.05) is 25.0 Å². The van der Waals surface area contributed by atoms with Gasteiger partial charge >= 0.3 is 17.4 Å². The second-order valence-electron chi connectivity index (χ2n) is 6.44. The van der Waals surface area contributed by atoms with Crippen molar-refractivity contribution in [3.63, 3.8) is 0 Å². The number of rotatable bonds is 7. The van der Waals surface area contributed by atoms with Gasteiger partial charge in [-0.25, -0.2) is 10.3 Å². The Morgan fingerprint density at radius 1 is 1.48 bits per heavy atom. The third kappa shape index (κ3) is 4.08. The van der Waals surface area contributed by atoms with Crippen LogP contribution in [0.4, 0.5) is 9.18 Å². The molecule has 3 fully saturated rings. The van der Waals surface area contributed by atoms with Crippen LogP contribution in [0.15, 0.2) is 0 Å². The maximum Gasteiger partial charge on any atom is 0.346 e. The molecular weight excluding hydrogens is 359 g/mol. The van der Waals surface area contributed by atoms with E-state index in [9.17, 15) is 18.2 Å². The highest BCUT2D eigenvalue weighted by Crippen LogP contribution is 2.30. The Morgan fingerprint density at radius 3 is 2.96 bits per heavy atom. The molecule has 5 atom stereocenters. The zero-order valence-electron chi connectivity index (χ0n) is 13.4. The van der Waals surface area contributed by atoms with Gasteiger partial charge in [-0.05, 0) is 19.3 Å². The van der Waals surface area contributed by atoms with Crippen molar-refractivity contribution in [2.45, 2.75) is 37.4 Å². The first-order valence-electron chi connectivity index (χ1n) is 8.09. The van der Waals surface area contributed by atoms with Crippen molar-refractivity contribution in [3.8, 4) is 0 Å². The molecule has 0 aromatic heterocycles. The number of fused-ring (bicyclic) bond motifs is 2. The molecule has 142 valence electrons. The number of amides is 3. The van der Waals surface area contributed by atoms with Crippen LogP contribution in [-0.2, 0) is 25.3 Å². The first-order valence-corrected chi connectivity index (χ1v) is 9.13. The number of carbonyl (C=O) groups excluding carboxylic acids is 2. The van der Waals surface area contributed by atoms with E-state index < -0.39 is 29.3 Å². The van der Waals surface area contributed by atoms with Gasteiger partial charge in [0.1, 0.15) is 6.04 Å². The molecule has 3 saturated heterocycles. The maximum atomic E-state index is 12.6. The Balaban J connectivity index is 1.47. The lowest BCUT2D eigenvalue weighted by Gasteiger charge is -2.29. The van der Waals surface area contributed by atoms with Crippen LogP contribution in [-0.4, -0.2) is 75.2 Å². The van der Waals surface area contributed by atoms with Crippen molar-refractivity contribution in [3.05, 3.63) is 0 Å². The fourth-order valence-corrected chi connectivity index (χ4v) is 3.82. The molecule has 3 amide bonds. The molecule has 0 spiro atoms. The highest BCUT2D eigenvalue weighted by Gasteiger charge is 2.48. The summed E-state index contributed by atoms with van der Waals surface area (Å²) in [5.41, 5.74) is 2.34. The number of hydrogen-bond donors (Lipinski definition) is 3. The topological polar surface area (TPSA) is 120 Å². The van der Waals surface area contributed by atoms with Crippen molar-refractivity contribution in [2.24, 2.45) is 5.92 Å². The molecule has 0 radical (unpaired) electrons. The van der Waals surface area contributed by atoms with Gasteiger partial charge < -0.3 is 10.2 Å². The van der Waals surface area contributed by atoms with Crippen LogP contribution in [0.1, 0.15) is 19.3 Å². The van der Waals surface area contributed by atoms with Crippen LogP contribution in [0.2, 0.25) is 0 Å². The second-order valence-corrected chi connectivity index (χ2v) is 7.02. The number of halogens is 1. The summed E-state index contributed by atoms with van der Waals surface area (Å²) < 4.78 is 36.7. The molecular formula is C13H21FN4O6S. The van der Waals surface area contributed by atoms with Crippen molar-refractivity contribution in [1.82, 2.24) is 20.8 Å². The minimum atomic E-state index is -2.60. The second kappa shape index (κ2) is 7.91. The van der Waals surface area contributed by atoms with Gasteiger partial charge in [0.05, 0.1) is 19.3 Å². The van der Waals surface area contributed by atoms with E-state index >= 15 is 0 Å². The van der Waals surface area contributed by atoms with Gasteiger partial charge in [-0.1, -0.05) is 0 Å². The number of piperidine rings is 1. The number of urea groups is 1. The Labute approximate surface area is 146 Å². The van der Waals surface area contributed by atoms with Crippen LogP contribution >= 0.6 is 0 Å². The molecule has 3 unspecified atom stereocenters. The summed E-state index contributed by atoms with van der Waals surface area (Å²) in [5.74, 6) is -0.483. The summed E-state index contributed by atoms with van der Waals surface area (Å²) in [6.07, 6.45) is 1.52. The molecule has 0 saturated carbocycles. The molecule has 0 aromatic carbocycles. The van der Waals surface area contributed by atoms with Gasteiger partial charge in [-0.3, -0.25) is 18.6 Å². The van der Waals surface area contributed by atoms with E-state index in [1.807, 2.05) is 0 Å². The van der Waals surface area contributed by atoms with Crippen LogP contribution in [0.25, 0.3) is 0 Å². The average molecular weight is 380 g/mol. The molecule has 3 N–H and O–H groups in total. The third-order valence-electron chi connectivity index (χ3n) is 4.76. The maximum absolute atomic E-state index is 12.6. The number of hydroxylamine groups is 3. The Bertz CT molecular complexity index is 555. The Hall–Kier alpha value is -1.34. The van der Waals surface area contributed by atoms with E-state index in [0.29, 0.717) is 25.8 Å². The van der Waals surface area contributed by atoms with E-state index in [1.54, 1.807) is 0 Å². The average Bonchev–Trinajstić information content (AvgIpc) is 3.14. The highest BCUT2D eigenvalue weighted by molar-refractivity contribution is 7.74. The minimum absolute atomic E-state index is 0.0198. The molecule has 10 nitrogen and oxygen atoms in total. The van der Waals surface area contributed by atoms with Crippen LogP contribution in [0.5, 0.6) is 0 Å². The normalized spacial score (nSPS) is 33.0. The number of nitrogens with one attached hydrogen (secondary N) is 2. The molecule has 3 rings (SSSR count). The zero-order chi connectivity index (χ0) is 18.0. The largest absolute Gasteiger partial charge is 0.346 e. The molecule has 12 heteroatoms. The molecule has 25 heavy (non-hydrogen) atoms. The van der Waals surface area contributed by atoms with Gasteiger partial charge in [0.2, 0.25) is 0 Å². The highest BCUT2D eigenvalue weighted by atomic mass is 32.2. The van der Waals surface area contributed by atoms with E-state index in [1.165, 1.54) is 4.90 Å². The fourth-order valence-electron chi connectivity index (χ4n) is 3.50. The van der Waals surface area contributed by atoms with Crippen molar-refractivity contribution in [1.29, 1.82) is 0 Å². The van der Waals surface area contributed by atoms with Crippen LogP contribution in [0.3, 0.4) is 0 Å². The molecule has 0 aliphatic carbocycles. The predicted molar refractivity (Wildman–Crippen MR) is 82.6 cm³/mol. The molecule has 0 aromatic rings. The first-order chi connectivity index (χ1) is 12.0. The number of nitrogens with zero attached hydrogens (tertiary/aromatic N) is 2. The summed E-state index contributed by atoms with van der Waals surface area (Å²) in [6.45, 7) is 0.668. The molecule has 3 heterocycles. The van der Waals surface area contributed by atoms with E-state index in [-0.39, 0.29) is 37.8 Å². The van der Waals surface area contributed by atoms with E-state index in [0.717, 1.165) is 5.06 Å². The van der Waals surface area contributed by atoms with Gasteiger partial charge in [0.25, 0.3) is 5.91 Å². The fraction of sp³-hybridized carbons (Fsp3) is 0.846. The molecule has 3 aliphatic rings. The summed E-state index contributed by atoms with van der Waals surface area (Å²) >= 11 is -2.60. The zero-order valence-corrected chi connectivity index (χ0v) is 14.2. The lowest BCUT2D eigenvalue weighted by Crippen LogP contribution is -2.50. The predicted octanol–water partition coefficient (Wildman–Crippen LogP) is -0.681. The summed E-state index contributed by atoms with van der Waals surface area (Å²) in [7, 11) is 0. The van der Waals surface area contributed by atoms with Crippen LogP contribution in [0, 0.1) is 5.92 Å². The quantitative estimate of drug-likeness (QED) is 0.395. The van der Waals surface area contributed by atoms with Gasteiger partial charge in [-0.15, -0.1) is 4.28 Å². The number of hydrogen-bond acceptors (Lipinski definition) is 6. The number of carbonyl (C=O) groups is 2. The van der Waals surface area contributed by atoms with E-state index in [4.69, 9.17) is 9.39 Å². The smallest absolute Gasteiger partial charge is 0.311 e.